The molecular weight excluding hydrogens is 250 g/mol. The first kappa shape index (κ1) is 13.4. The number of carbonyl (C=O) groups is 1. The number of piperidine rings is 1. The zero-order valence-corrected chi connectivity index (χ0v) is 12.3. The van der Waals surface area contributed by atoms with Crippen LogP contribution in [0, 0.1) is 0 Å². The third-order valence-electron chi connectivity index (χ3n) is 4.60. The highest BCUT2D eigenvalue weighted by atomic mass is 16.2. The molecule has 1 aromatic carbocycles. The second-order valence-corrected chi connectivity index (χ2v) is 6.03. The summed E-state index contributed by atoms with van der Waals surface area (Å²) in [6.07, 6.45) is 2.17. The molecule has 4 nitrogen and oxygen atoms in total. The Balaban J connectivity index is 1.83. The molecule has 0 unspecified atom stereocenters. The molecule has 0 N–H and O–H groups in total. The van der Waals surface area contributed by atoms with Crippen LogP contribution in [0.15, 0.2) is 30.3 Å². The van der Waals surface area contributed by atoms with Crippen molar-refractivity contribution in [1.29, 1.82) is 0 Å². The molecule has 2 aliphatic heterocycles. The fourth-order valence-electron chi connectivity index (χ4n) is 3.38. The van der Waals surface area contributed by atoms with Crippen LogP contribution < -0.4 is 0 Å². The van der Waals surface area contributed by atoms with Gasteiger partial charge in [-0.25, -0.2) is 4.79 Å². The van der Waals surface area contributed by atoms with Crippen LogP contribution in [0.5, 0.6) is 0 Å². The number of carbonyl (C=O) groups excluding carboxylic acids is 1. The predicted octanol–water partition coefficient (Wildman–Crippen LogP) is 2.19. The van der Waals surface area contributed by atoms with Crippen LogP contribution in [0.2, 0.25) is 0 Å². The van der Waals surface area contributed by atoms with Crippen LogP contribution in [0.3, 0.4) is 0 Å². The van der Waals surface area contributed by atoms with Crippen molar-refractivity contribution < 1.29 is 4.79 Å². The van der Waals surface area contributed by atoms with Crippen molar-refractivity contribution in [3.05, 3.63) is 35.9 Å². The molecule has 0 aromatic heterocycles. The Morgan fingerprint density at radius 2 is 1.70 bits per heavy atom. The van der Waals surface area contributed by atoms with Crippen molar-refractivity contribution >= 4 is 6.03 Å². The number of likely N-dealkylation sites (tertiary alicyclic amines) is 1. The Morgan fingerprint density at radius 1 is 1.05 bits per heavy atom. The quantitative estimate of drug-likeness (QED) is 0.826. The number of hydrogen-bond donors (Lipinski definition) is 0. The number of hydrogen-bond acceptors (Lipinski definition) is 2. The summed E-state index contributed by atoms with van der Waals surface area (Å²) in [5, 5.41) is 0. The van der Waals surface area contributed by atoms with Crippen LogP contribution in [0.4, 0.5) is 4.79 Å². The molecule has 0 radical (unpaired) electrons. The van der Waals surface area contributed by atoms with Crippen molar-refractivity contribution in [2.45, 2.75) is 24.9 Å². The van der Waals surface area contributed by atoms with Crippen molar-refractivity contribution in [3.63, 3.8) is 0 Å². The van der Waals surface area contributed by atoms with Crippen LogP contribution in [-0.4, -0.2) is 60.5 Å². The van der Waals surface area contributed by atoms with Gasteiger partial charge in [0.25, 0.3) is 0 Å². The van der Waals surface area contributed by atoms with Gasteiger partial charge in [-0.15, -0.1) is 0 Å². The Labute approximate surface area is 121 Å². The third-order valence-corrected chi connectivity index (χ3v) is 4.60. The van der Waals surface area contributed by atoms with E-state index in [0.29, 0.717) is 6.04 Å². The minimum absolute atomic E-state index is 0.188. The van der Waals surface area contributed by atoms with E-state index in [1.165, 1.54) is 5.56 Å². The Bertz CT molecular complexity index is 468. The highest BCUT2D eigenvalue weighted by Crippen LogP contribution is 2.33. The van der Waals surface area contributed by atoms with Crippen molar-refractivity contribution in [2.75, 3.05) is 33.7 Å². The van der Waals surface area contributed by atoms with Crippen molar-refractivity contribution in [3.8, 4) is 0 Å². The van der Waals surface area contributed by atoms with Crippen molar-refractivity contribution in [2.24, 2.45) is 0 Å². The number of benzene rings is 1. The Kier molecular flexibility index (Phi) is 3.66. The highest BCUT2D eigenvalue weighted by Gasteiger charge is 2.40. The van der Waals surface area contributed by atoms with Crippen LogP contribution in [0.25, 0.3) is 0 Å². The van der Waals surface area contributed by atoms with Gasteiger partial charge in [0.15, 0.2) is 0 Å². The molecule has 3 rings (SSSR count). The van der Waals surface area contributed by atoms with Crippen LogP contribution in [-0.2, 0) is 0 Å². The monoisotopic (exact) mass is 273 g/mol. The second-order valence-electron chi connectivity index (χ2n) is 6.03. The van der Waals surface area contributed by atoms with Crippen molar-refractivity contribution in [1.82, 2.24) is 14.7 Å². The van der Waals surface area contributed by atoms with Gasteiger partial charge in [0, 0.05) is 19.6 Å². The van der Waals surface area contributed by atoms with Crippen LogP contribution >= 0.6 is 0 Å². The van der Waals surface area contributed by atoms with E-state index < -0.39 is 0 Å². The molecule has 1 aromatic rings. The van der Waals surface area contributed by atoms with E-state index in [1.807, 2.05) is 18.0 Å². The molecule has 20 heavy (non-hydrogen) atoms. The van der Waals surface area contributed by atoms with E-state index in [2.05, 4.69) is 41.1 Å². The fourth-order valence-corrected chi connectivity index (χ4v) is 3.38. The topological polar surface area (TPSA) is 26.8 Å². The first-order valence-electron chi connectivity index (χ1n) is 7.43. The highest BCUT2D eigenvalue weighted by molar-refractivity contribution is 5.77. The number of rotatable bonds is 2. The zero-order valence-electron chi connectivity index (χ0n) is 12.3. The molecule has 0 saturated carbocycles. The van der Waals surface area contributed by atoms with Gasteiger partial charge >= 0.3 is 6.03 Å². The molecular formula is C16H23N3O. The smallest absolute Gasteiger partial charge is 0.320 e. The number of likely N-dealkylation sites (N-methyl/N-ethyl adjacent to an activating group) is 1. The van der Waals surface area contributed by atoms with Gasteiger partial charge in [0.05, 0.1) is 6.04 Å². The van der Waals surface area contributed by atoms with E-state index in [4.69, 9.17) is 0 Å². The second kappa shape index (κ2) is 5.44. The zero-order chi connectivity index (χ0) is 14.1. The molecule has 108 valence electrons. The lowest BCUT2D eigenvalue weighted by Crippen LogP contribution is -2.46. The summed E-state index contributed by atoms with van der Waals surface area (Å²) in [7, 11) is 4.07. The Morgan fingerprint density at radius 3 is 2.35 bits per heavy atom. The molecule has 4 heteroatoms. The number of urea groups is 1. The summed E-state index contributed by atoms with van der Waals surface area (Å²) >= 11 is 0. The summed E-state index contributed by atoms with van der Waals surface area (Å²) in [5.74, 6) is 0. The van der Waals surface area contributed by atoms with Gasteiger partial charge in [0.1, 0.15) is 0 Å². The largest absolute Gasteiger partial charge is 0.325 e. The van der Waals surface area contributed by atoms with E-state index in [1.54, 1.807) is 0 Å². The van der Waals surface area contributed by atoms with E-state index >= 15 is 0 Å². The summed E-state index contributed by atoms with van der Waals surface area (Å²) in [5.41, 5.74) is 1.25. The maximum Gasteiger partial charge on any atom is 0.320 e. The summed E-state index contributed by atoms with van der Waals surface area (Å²) in [4.78, 5) is 18.8. The normalized spacial score (nSPS) is 25.5. The summed E-state index contributed by atoms with van der Waals surface area (Å²) < 4.78 is 0. The van der Waals surface area contributed by atoms with Gasteiger partial charge < -0.3 is 14.7 Å². The SMILES string of the molecule is CN1CCC(N2C(=O)N(C)C[C@H]2c2ccccc2)CC1. The average Bonchev–Trinajstić information content (AvgIpc) is 2.77. The fraction of sp³-hybridized carbons (Fsp3) is 0.562. The third kappa shape index (κ3) is 2.40. The van der Waals surface area contributed by atoms with Gasteiger partial charge in [-0.05, 0) is 38.5 Å². The van der Waals surface area contributed by atoms with Gasteiger partial charge in [-0.3, -0.25) is 0 Å². The summed E-state index contributed by atoms with van der Waals surface area (Å²) in [6.45, 7) is 2.97. The Hall–Kier alpha value is -1.55. The number of nitrogens with zero attached hydrogens (tertiary/aromatic N) is 3. The minimum atomic E-state index is 0.188. The summed E-state index contributed by atoms with van der Waals surface area (Å²) in [6, 6.07) is 11.2. The molecule has 1 atom stereocenters. The first-order chi connectivity index (χ1) is 9.66. The lowest BCUT2D eigenvalue weighted by atomic mass is 9.99. The predicted molar refractivity (Wildman–Crippen MR) is 79.6 cm³/mol. The van der Waals surface area contributed by atoms with Gasteiger partial charge in [0.2, 0.25) is 0 Å². The number of amides is 2. The maximum atomic E-state index is 12.5. The molecule has 2 fully saturated rings. The molecule has 2 heterocycles. The minimum Gasteiger partial charge on any atom is -0.325 e. The molecule has 0 bridgehead atoms. The average molecular weight is 273 g/mol. The molecule has 0 aliphatic carbocycles. The van der Waals surface area contributed by atoms with E-state index in [0.717, 1.165) is 32.5 Å². The lowest BCUT2D eigenvalue weighted by molar-refractivity contribution is 0.124. The van der Waals surface area contributed by atoms with Gasteiger partial charge in [-0.2, -0.15) is 0 Å². The lowest BCUT2D eigenvalue weighted by Gasteiger charge is -2.37. The van der Waals surface area contributed by atoms with Crippen LogP contribution in [0.1, 0.15) is 24.4 Å². The van der Waals surface area contributed by atoms with E-state index in [9.17, 15) is 4.79 Å². The maximum absolute atomic E-state index is 12.5. The molecule has 2 saturated heterocycles. The molecule has 0 spiro atoms. The standard InChI is InChI=1S/C16H23N3O/c1-17-10-8-14(9-11-17)19-15(12-18(2)16(19)20)13-6-4-3-5-7-13/h3-7,14-15H,8-12H2,1-2H3/t15-/m0/s1. The van der Waals surface area contributed by atoms with Gasteiger partial charge in [-0.1, -0.05) is 30.3 Å². The molecule has 2 amide bonds. The first-order valence-corrected chi connectivity index (χ1v) is 7.43. The molecule has 2 aliphatic rings. The van der Waals surface area contributed by atoms with E-state index in [-0.39, 0.29) is 12.1 Å².